The number of hydrogen-bond acceptors (Lipinski definition) is 3. The Labute approximate surface area is 164 Å². The molecule has 0 atom stereocenters. The summed E-state index contributed by atoms with van der Waals surface area (Å²) in [4.78, 5) is 13.9. The number of quaternary nitrogens is 1. The molecule has 146 valence electrons. The van der Waals surface area contributed by atoms with Crippen LogP contribution in [0, 0.1) is 0 Å². The molecule has 2 fully saturated rings. The molecule has 0 unspecified atom stereocenters. The lowest BCUT2D eigenvalue weighted by Crippen LogP contribution is -3.00. The van der Waals surface area contributed by atoms with Crippen molar-refractivity contribution in [2.45, 2.75) is 45.4 Å². The SMILES string of the molecule is CCOC(=O)CCCc1ccc(N2CC[N+]3(CCCCC3)CC2)cc1.[Cl-]. The first kappa shape index (κ1) is 21.0. The average Bonchev–Trinajstić information content (AvgIpc) is 2.64. The van der Waals surface area contributed by atoms with Crippen LogP contribution in [-0.4, -0.2) is 56.3 Å². The van der Waals surface area contributed by atoms with Crippen LogP contribution >= 0.6 is 0 Å². The van der Waals surface area contributed by atoms with Crippen molar-refractivity contribution in [1.82, 2.24) is 0 Å². The van der Waals surface area contributed by atoms with Crippen molar-refractivity contribution in [3.63, 3.8) is 0 Å². The molecule has 1 spiro atoms. The molecule has 4 nitrogen and oxygen atoms in total. The highest BCUT2D eigenvalue weighted by Crippen LogP contribution is 2.25. The Kier molecular flexibility index (Phi) is 8.23. The zero-order valence-corrected chi connectivity index (χ0v) is 16.8. The number of rotatable bonds is 6. The Morgan fingerprint density at radius 3 is 2.31 bits per heavy atom. The highest BCUT2D eigenvalue weighted by molar-refractivity contribution is 5.69. The highest BCUT2D eigenvalue weighted by Gasteiger charge is 2.34. The Morgan fingerprint density at radius 2 is 1.69 bits per heavy atom. The maximum Gasteiger partial charge on any atom is 0.305 e. The van der Waals surface area contributed by atoms with Gasteiger partial charge in [0.2, 0.25) is 0 Å². The summed E-state index contributed by atoms with van der Waals surface area (Å²) >= 11 is 0. The lowest BCUT2D eigenvalue weighted by Gasteiger charge is -2.47. The van der Waals surface area contributed by atoms with E-state index in [9.17, 15) is 4.79 Å². The maximum atomic E-state index is 11.4. The van der Waals surface area contributed by atoms with E-state index in [-0.39, 0.29) is 18.4 Å². The van der Waals surface area contributed by atoms with Gasteiger partial charge in [0.1, 0.15) is 0 Å². The fraction of sp³-hybridized carbons (Fsp3) is 0.667. The summed E-state index contributed by atoms with van der Waals surface area (Å²) in [5.41, 5.74) is 2.66. The zero-order valence-electron chi connectivity index (χ0n) is 16.1. The number of anilines is 1. The second kappa shape index (κ2) is 10.2. The number of ether oxygens (including phenoxy) is 1. The first-order valence-electron chi connectivity index (χ1n) is 10.1. The van der Waals surface area contributed by atoms with Gasteiger partial charge in [-0.2, -0.15) is 0 Å². The molecule has 0 saturated carbocycles. The van der Waals surface area contributed by atoms with Gasteiger partial charge in [-0.1, -0.05) is 12.1 Å². The molecule has 2 aliphatic rings. The van der Waals surface area contributed by atoms with Gasteiger partial charge < -0.3 is 26.5 Å². The number of hydrogen-bond donors (Lipinski definition) is 0. The molecule has 2 aliphatic heterocycles. The molecule has 3 rings (SSSR count). The molecule has 2 heterocycles. The summed E-state index contributed by atoms with van der Waals surface area (Å²) < 4.78 is 6.34. The topological polar surface area (TPSA) is 29.5 Å². The van der Waals surface area contributed by atoms with Gasteiger partial charge in [-0.15, -0.1) is 0 Å². The van der Waals surface area contributed by atoms with E-state index < -0.39 is 0 Å². The second-order valence-corrected chi connectivity index (χ2v) is 7.61. The van der Waals surface area contributed by atoms with Crippen LogP contribution in [0.1, 0.15) is 44.6 Å². The van der Waals surface area contributed by atoms with Crippen LogP contribution in [0.25, 0.3) is 0 Å². The third-order valence-corrected chi connectivity index (χ3v) is 5.91. The fourth-order valence-corrected chi connectivity index (χ4v) is 4.32. The van der Waals surface area contributed by atoms with E-state index in [1.165, 1.54) is 74.3 Å². The first-order chi connectivity index (χ1) is 12.2. The molecular weight excluding hydrogens is 348 g/mol. The molecule has 0 amide bonds. The lowest BCUT2D eigenvalue weighted by molar-refractivity contribution is -0.932. The molecular formula is C21H33ClN2O2. The number of halogens is 1. The normalized spacial score (nSPS) is 19.0. The van der Waals surface area contributed by atoms with E-state index >= 15 is 0 Å². The Balaban J connectivity index is 0.00000243. The van der Waals surface area contributed by atoms with Crippen molar-refractivity contribution < 1.29 is 26.4 Å². The van der Waals surface area contributed by atoms with Crippen LogP contribution in [0.3, 0.4) is 0 Å². The predicted octanol–water partition coefficient (Wildman–Crippen LogP) is 0.397. The van der Waals surface area contributed by atoms with Gasteiger partial charge in [0, 0.05) is 12.1 Å². The van der Waals surface area contributed by atoms with Gasteiger partial charge in [0.15, 0.2) is 0 Å². The Hall–Kier alpha value is -1.26. The number of carbonyl (C=O) groups is 1. The standard InChI is InChI=1S/C21H33N2O2.ClH/c1-2-25-21(24)8-6-7-19-9-11-20(12-10-19)22-13-17-23(18-14-22)15-4-3-5-16-23;/h9-12H,2-8,13-18H2,1H3;1H/q+1;/p-1. The lowest BCUT2D eigenvalue weighted by atomic mass is 10.0. The minimum atomic E-state index is -0.0813. The van der Waals surface area contributed by atoms with Crippen molar-refractivity contribution in [1.29, 1.82) is 0 Å². The molecule has 0 radical (unpaired) electrons. The van der Waals surface area contributed by atoms with Crippen molar-refractivity contribution in [3.8, 4) is 0 Å². The van der Waals surface area contributed by atoms with Crippen LogP contribution in [0.15, 0.2) is 24.3 Å². The number of nitrogens with zero attached hydrogens (tertiary/aromatic N) is 2. The quantitative estimate of drug-likeness (QED) is 0.528. The van der Waals surface area contributed by atoms with Gasteiger partial charge in [-0.05, 0) is 56.7 Å². The molecule has 0 aliphatic carbocycles. The fourth-order valence-electron chi connectivity index (χ4n) is 4.32. The summed E-state index contributed by atoms with van der Waals surface area (Å²) in [6.07, 6.45) is 6.59. The molecule has 1 aromatic rings. The maximum absolute atomic E-state index is 11.4. The smallest absolute Gasteiger partial charge is 0.305 e. The average molecular weight is 381 g/mol. The zero-order chi connectivity index (χ0) is 17.5. The largest absolute Gasteiger partial charge is 1.00 e. The van der Waals surface area contributed by atoms with Crippen LogP contribution < -0.4 is 17.3 Å². The van der Waals surface area contributed by atoms with Crippen molar-refractivity contribution in [2.24, 2.45) is 0 Å². The summed E-state index contributed by atoms with van der Waals surface area (Å²) in [5, 5.41) is 0. The van der Waals surface area contributed by atoms with E-state index in [1.807, 2.05) is 6.92 Å². The van der Waals surface area contributed by atoms with Crippen LogP contribution in [-0.2, 0) is 16.0 Å². The summed E-state index contributed by atoms with van der Waals surface area (Å²) in [5.74, 6) is -0.0813. The van der Waals surface area contributed by atoms with Crippen molar-refractivity contribution >= 4 is 11.7 Å². The van der Waals surface area contributed by atoms with E-state index in [4.69, 9.17) is 4.74 Å². The minimum Gasteiger partial charge on any atom is -1.00 e. The van der Waals surface area contributed by atoms with Gasteiger partial charge in [0.25, 0.3) is 0 Å². The van der Waals surface area contributed by atoms with E-state index in [1.54, 1.807) is 0 Å². The van der Waals surface area contributed by atoms with Crippen LogP contribution in [0.5, 0.6) is 0 Å². The number of piperidine rings is 1. The molecule has 2 saturated heterocycles. The minimum absolute atomic E-state index is 0. The predicted molar refractivity (Wildman–Crippen MR) is 102 cm³/mol. The molecule has 1 aromatic carbocycles. The second-order valence-electron chi connectivity index (χ2n) is 7.61. The Morgan fingerprint density at radius 1 is 1.04 bits per heavy atom. The highest BCUT2D eigenvalue weighted by atomic mass is 35.5. The third kappa shape index (κ3) is 5.62. The number of benzene rings is 1. The molecule has 26 heavy (non-hydrogen) atoms. The summed E-state index contributed by atoms with van der Waals surface area (Å²) in [6.45, 7) is 10.1. The van der Waals surface area contributed by atoms with Gasteiger partial charge in [0.05, 0.1) is 45.9 Å². The summed E-state index contributed by atoms with van der Waals surface area (Å²) in [6, 6.07) is 8.96. The number of esters is 1. The van der Waals surface area contributed by atoms with Crippen molar-refractivity contribution in [2.75, 3.05) is 50.8 Å². The van der Waals surface area contributed by atoms with Gasteiger partial charge in [-0.25, -0.2) is 0 Å². The van der Waals surface area contributed by atoms with Crippen LogP contribution in [0.2, 0.25) is 0 Å². The first-order valence-corrected chi connectivity index (χ1v) is 10.1. The van der Waals surface area contributed by atoms with Crippen molar-refractivity contribution in [3.05, 3.63) is 29.8 Å². The number of aryl methyl sites for hydroxylation is 1. The molecule has 0 N–H and O–H groups in total. The molecule has 0 aromatic heterocycles. The van der Waals surface area contributed by atoms with E-state index in [0.717, 1.165) is 12.8 Å². The number of carbonyl (C=O) groups excluding carboxylic acids is 1. The number of piperazine rings is 1. The van der Waals surface area contributed by atoms with E-state index in [2.05, 4.69) is 29.2 Å². The van der Waals surface area contributed by atoms with Gasteiger partial charge >= 0.3 is 5.97 Å². The van der Waals surface area contributed by atoms with Crippen LogP contribution in [0.4, 0.5) is 5.69 Å². The summed E-state index contributed by atoms with van der Waals surface area (Å²) in [7, 11) is 0. The Bertz CT molecular complexity index is 546. The van der Waals surface area contributed by atoms with E-state index in [0.29, 0.717) is 13.0 Å². The monoisotopic (exact) mass is 380 g/mol. The molecule has 0 bridgehead atoms. The third-order valence-electron chi connectivity index (χ3n) is 5.91. The van der Waals surface area contributed by atoms with Gasteiger partial charge in [-0.3, -0.25) is 4.79 Å². The molecule has 5 heteroatoms.